The van der Waals surface area contributed by atoms with E-state index in [1.807, 2.05) is 31.3 Å². The Balaban J connectivity index is 2.35. The molecule has 0 atom stereocenters. The molecule has 0 amide bonds. The Bertz CT molecular complexity index is 534. The molecule has 0 aliphatic heterocycles. The number of nitrogens with zero attached hydrogens (tertiary/aromatic N) is 3. The maximum Gasteiger partial charge on any atom is 0.163 e. The first-order valence-corrected chi connectivity index (χ1v) is 6.77. The summed E-state index contributed by atoms with van der Waals surface area (Å²) in [6.07, 6.45) is 3.80. The van der Waals surface area contributed by atoms with E-state index < -0.39 is 0 Å². The normalized spacial score (nSPS) is 10.5. The zero-order valence-electron chi connectivity index (χ0n) is 11.8. The van der Waals surface area contributed by atoms with E-state index >= 15 is 0 Å². The van der Waals surface area contributed by atoms with Gasteiger partial charge in [0.2, 0.25) is 0 Å². The van der Waals surface area contributed by atoms with E-state index in [1.54, 1.807) is 0 Å². The van der Waals surface area contributed by atoms with Crippen LogP contribution in [-0.2, 0) is 6.42 Å². The Morgan fingerprint density at radius 3 is 2.63 bits per heavy atom. The number of hydrogen-bond donors (Lipinski definition) is 1. The molecular weight excluding hydrogens is 236 g/mol. The molecule has 0 radical (unpaired) electrons. The average Bonchev–Trinajstić information content (AvgIpc) is 2.45. The van der Waals surface area contributed by atoms with Crippen molar-refractivity contribution in [3.05, 3.63) is 35.8 Å². The summed E-state index contributed by atoms with van der Waals surface area (Å²) >= 11 is 0. The van der Waals surface area contributed by atoms with Crippen molar-refractivity contribution in [1.82, 2.24) is 15.0 Å². The Kier molecular flexibility index (Phi) is 4.44. The molecule has 19 heavy (non-hydrogen) atoms. The van der Waals surface area contributed by atoms with Crippen molar-refractivity contribution in [3.63, 3.8) is 0 Å². The lowest BCUT2D eigenvalue weighted by molar-refractivity contribution is 0.950. The van der Waals surface area contributed by atoms with E-state index in [0.29, 0.717) is 0 Å². The summed E-state index contributed by atoms with van der Waals surface area (Å²) in [5.74, 6) is 1.63. The molecule has 0 fully saturated rings. The molecule has 0 saturated heterocycles. The maximum atomic E-state index is 4.57. The first-order chi connectivity index (χ1) is 9.22. The van der Waals surface area contributed by atoms with Crippen LogP contribution in [0.3, 0.4) is 0 Å². The fourth-order valence-corrected chi connectivity index (χ4v) is 1.75. The fraction of sp³-hybridized carbons (Fsp3) is 0.400. The van der Waals surface area contributed by atoms with Crippen molar-refractivity contribution in [2.24, 2.45) is 0 Å². The molecule has 0 bridgehead atoms. The van der Waals surface area contributed by atoms with E-state index in [-0.39, 0.29) is 0 Å². The van der Waals surface area contributed by atoms with Crippen LogP contribution in [0.4, 0.5) is 5.82 Å². The molecule has 0 aliphatic carbocycles. The lowest BCUT2D eigenvalue weighted by Gasteiger charge is -2.08. The van der Waals surface area contributed by atoms with Gasteiger partial charge in [0.1, 0.15) is 5.82 Å². The quantitative estimate of drug-likeness (QED) is 0.892. The Hall–Kier alpha value is -1.97. The molecule has 0 unspecified atom stereocenters. The highest BCUT2D eigenvalue weighted by Gasteiger charge is 2.06. The van der Waals surface area contributed by atoms with E-state index in [9.17, 15) is 0 Å². The summed E-state index contributed by atoms with van der Waals surface area (Å²) < 4.78 is 0. The van der Waals surface area contributed by atoms with Crippen LogP contribution in [0.15, 0.2) is 24.4 Å². The molecular formula is C15H20N4. The molecule has 4 heteroatoms. The minimum Gasteiger partial charge on any atom is -0.370 e. The fourth-order valence-electron chi connectivity index (χ4n) is 1.75. The minimum absolute atomic E-state index is 0.741. The summed E-state index contributed by atoms with van der Waals surface area (Å²) in [4.78, 5) is 13.4. The van der Waals surface area contributed by atoms with Gasteiger partial charge in [-0.05, 0) is 31.9 Å². The van der Waals surface area contributed by atoms with Gasteiger partial charge in [0.25, 0.3) is 0 Å². The van der Waals surface area contributed by atoms with Gasteiger partial charge < -0.3 is 5.32 Å². The Labute approximate surface area is 114 Å². The number of nitrogens with one attached hydrogen (secondary N) is 1. The van der Waals surface area contributed by atoms with Crippen LogP contribution in [0.5, 0.6) is 0 Å². The second kappa shape index (κ2) is 6.27. The molecule has 2 rings (SSSR count). The monoisotopic (exact) mass is 256 g/mol. The molecule has 2 aromatic heterocycles. The number of rotatable bonds is 5. The van der Waals surface area contributed by atoms with E-state index in [2.05, 4.69) is 34.1 Å². The molecule has 4 nitrogen and oxygen atoms in total. The highest BCUT2D eigenvalue weighted by Crippen LogP contribution is 2.17. The van der Waals surface area contributed by atoms with Gasteiger partial charge in [0, 0.05) is 35.8 Å². The van der Waals surface area contributed by atoms with Gasteiger partial charge in [-0.1, -0.05) is 13.8 Å². The molecule has 0 aliphatic rings. The molecule has 2 heterocycles. The third kappa shape index (κ3) is 3.50. The highest BCUT2D eigenvalue weighted by atomic mass is 15.0. The van der Waals surface area contributed by atoms with Gasteiger partial charge in [0.15, 0.2) is 5.82 Å². The average molecular weight is 256 g/mol. The SMILES string of the molecule is CCCNc1cc(CC)nc(-c2ccc(C)nc2)n1. The summed E-state index contributed by atoms with van der Waals surface area (Å²) in [5, 5.41) is 3.32. The minimum atomic E-state index is 0.741. The zero-order chi connectivity index (χ0) is 13.7. The van der Waals surface area contributed by atoms with Crippen molar-refractivity contribution in [1.29, 1.82) is 0 Å². The molecule has 2 aromatic rings. The van der Waals surface area contributed by atoms with Gasteiger partial charge in [-0.25, -0.2) is 9.97 Å². The maximum absolute atomic E-state index is 4.57. The third-order valence-corrected chi connectivity index (χ3v) is 2.87. The van der Waals surface area contributed by atoms with Crippen LogP contribution < -0.4 is 5.32 Å². The number of hydrogen-bond acceptors (Lipinski definition) is 4. The predicted molar refractivity (Wildman–Crippen MR) is 78.2 cm³/mol. The number of anilines is 1. The first-order valence-electron chi connectivity index (χ1n) is 6.77. The Morgan fingerprint density at radius 2 is 2.00 bits per heavy atom. The van der Waals surface area contributed by atoms with E-state index in [4.69, 9.17) is 0 Å². The van der Waals surface area contributed by atoms with Crippen molar-refractivity contribution < 1.29 is 0 Å². The standard InChI is InChI=1S/C15H20N4/c1-4-8-16-14-9-13(5-2)18-15(19-14)12-7-6-11(3)17-10-12/h6-7,9-10H,4-5,8H2,1-3H3,(H,16,18,19). The molecule has 0 saturated carbocycles. The summed E-state index contributed by atoms with van der Waals surface area (Å²) in [6.45, 7) is 7.13. The number of pyridine rings is 1. The van der Waals surface area contributed by atoms with Crippen LogP contribution in [-0.4, -0.2) is 21.5 Å². The second-order valence-electron chi connectivity index (χ2n) is 4.54. The molecule has 0 spiro atoms. The van der Waals surface area contributed by atoms with E-state index in [0.717, 1.165) is 48.0 Å². The van der Waals surface area contributed by atoms with Crippen molar-refractivity contribution >= 4 is 5.82 Å². The lowest BCUT2D eigenvalue weighted by Crippen LogP contribution is -2.05. The van der Waals surface area contributed by atoms with Crippen LogP contribution in [0.2, 0.25) is 0 Å². The summed E-state index contributed by atoms with van der Waals surface area (Å²) in [7, 11) is 0. The van der Waals surface area contributed by atoms with E-state index in [1.165, 1.54) is 0 Å². The van der Waals surface area contributed by atoms with Crippen molar-refractivity contribution in [2.45, 2.75) is 33.6 Å². The molecule has 0 aromatic carbocycles. The van der Waals surface area contributed by atoms with Crippen LogP contribution in [0, 0.1) is 6.92 Å². The van der Waals surface area contributed by atoms with Gasteiger partial charge in [-0.15, -0.1) is 0 Å². The second-order valence-corrected chi connectivity index (χ2v) is 4.54. The number of aryl methyl sites for hydroxylation is 2. The summed E-state index contributed by atoms with van der Waals surface area (Å²) in [6, 6.07) is 6.01. The predicted octanol–water partition coefficient (Wildman–Crippen LogP) is 3.23. The smallest absolute Gasteiger partial charge is 0.163 e. The van der Waals surface area contributed by atoms with Crippen LogP contribution >= 0.6 is 0 Å². The third-order valence-electron chi connectivity index (χ3n) is 2.87. The number of aromatic nitrogens is 3. The zero-order valence-corrected chi connectivity index (χ0v) is 11.8. The summed E-state index contributed by atoms with van der Waals surface area (Å²) in [5.41, 5.74) is 3.00. The van der Waals surface area contributed by atoms with Crippen LogP contribution in [0.1, 0.15) is 31.7 Å². The molecule has 1 N–H and O–H groups in total. The van der Waals surface area contributed by atoms with Gasteiger partial charge in [-0.3, -0.25) is 4.98 Å². The molecule has 100 valence electrons. The van der Waals surface area contributed by atoms with Gasteiger partial charge in [0.05, 0.1) is 0 Å². The lowest BCUT2D eigenvalue weighted by atomic mass is 10.2. The van der Waals surface area contributed by atoms with Crippen molar-refractivity contribution in [2.75, 3.05) is 11.9 Å². The first kappa shape index (κ1) is 13.5. The largest absolute Gasteiger partial charge is 0.370 e. The van der Waals surface area contributed by atoms with Gasteiger partial charge >= 0.3 is 0 Å². The van der Waals surface area contributed by atoms with Crippen molar-refractivity contribution in [3.8, 4) is 11.4 Å². The highest BCUT2D eigenvalue weighted by molar-refractivity contribution is 5.56. The Morgan fingerprint density at radius 1 is 1.16 bits per heavy atom. The topological polar surface area (TPSA) is 50.7 Å². The van der Waals surface area contributed by atoms with Crippen LogP contribution in [0.25, 0.3) is 11.4 Å². The van der Waals surface area contributed by atoms with Gasteiger partial charge in [-0.2, -0.15) is 0 Å².